The van der Waals surface area contributed by atoms with Crippen molar-refractivity contribution in [2.24, 2.45) is 0 Å². The summed E-state index contributed by atoms with van der Waals surface area (Å²) in [4.78, 5) is 7.22. The number of ether oxygens (including phenoxy) is 1. The van der Waals surface area contributed by atoms with Crippen LogP contribution >= 0.6 is 0 Å². The number of aliphatic hydroxyl groups is 2. The van der Waals surface area contributed by atoms with Gasteiger partial charge in [0, 0.05) is 57.0 Å². The second-order valence-electron chi connectivity index (χ2n) is 8.69. The van der Waals surface area contributed by atoms with Crippen LogP contribution in [0.25, 0.3) is 0 Å². The molecule has 2 N–H and O–H groups in total. The molecule has 3 heterocycles. The molecule has 1 unspecified atom stereocenters. The summed E-state index contributed by atoms with van der Waals surface area (Å²) in [5.74, 6) is 0.873. The van der Waals surface area contributed by atoms with Crippen LogP contribution in [0.15, 0.2) is 24.3 Å². The first-order valence-electron chi connectivity index (χ1n) is 10.2. The maximum atomic E-state index is 11.2. The molecule has 150 valence electrons. The zero-order valence-electron chi connectivity index (χ0n) is 16.5. The molecule has 3 fully saturated rings. The Morgan fingerprint density at radius 3 is 2.48 bits per heavy atom. The summed E-state index contributed by atoms with van der Waals surface area (Å²) in [6, 6.07) is 9.04. The van der Waals surface area contributed by atoms with Gasteiger partial charge in [0.05, 0.1) is 18.8 Å². The van der Waals surface area contributed by atoms with Crippen molar-refractivity contribution in [1.29, 1.82) is 0 Å². The molecule has 4 rings (SSSR count). The summed E-state index contributed by atoms with van der Waals surface area (Å²) in [6.45, 7) is 7.50. The first-order chi connectivity index (χ1) is 13.0. The number of aliphatic hydroxyl groups excluding tert-OH is 1. The highest BCUT2D eigenvalue weighted by Gasteiger charge is 2.41. The monoisotopic (exact) mass is 375 g/mol. The second kappa shape index (κ2) is 7.59. The van der Waals surface area contributed by atoms with Crippen LogP contribution in [0.1, 0.15) is 26.2 Å². The van der Waals surface area contributed by atoms with E-state index in [-0.39, 0.29) is 6.10 Å². The van der Waals surface area contributed by atoms with Crippen LogP contribution in [-0.4, -0.2) is 90.2 Å². The molecule has 3 saturated heterocycles. The number of piperidine rings is 1. The Kier molecular flexibility index (Phi) is 5.34. The molecule has 0 spiro atoms. The third kappa shape index (κ3) is 4.09. The maximum absolute atomic E-state index is 11.2. The topological polar surface area (TPSA) is 59.4 Å². The van der Waals surface area contributed by atoms with Gasteiger partial charge in [0.2, 0.25) is 0 Å². The van der Waals surface area contributed by atoms with E-state index in [0.717, 1.165) is 64.3 Å². The number of piperazine rings is 1. The Balaban J connectivity index is 1.33. The number of anilines is 1. The van der Waals surface area contributed by atoms with E-state index in [1.165, 1.54) is 5.69 Å². The van der Waals surface area contributed by atoms with Gasteiger partial charge in [-0.25, -0.2) is 0 Å². The molecule has 0 saturated carbocycles. The van der Waals surface area contributed by atoms with Crippen molar-refractivity contribution in [3.8, 4) is 5.75 Å². The summed E-state index contributed by atoms with van der Waals surface area (Å²) < 4.78 is 5.24. The molecule has 0 amide bonds. The molecule has 6 heteroatoms. The normalized spacial score (nSPS) is 31.7. The van der Waals surface area contributed by atoms with Gasteiger partial charge in [0.25, 0.3) is 0 Å². The number of nitrogens with zero attached hydrogens (tertiary/aromatic N) is 3. The Labute approximate surface area is 162 Å². The van der Waals surface area contributed by atoms with Gasteiger partial charge in [-0.05, 0) is 50.5 Å². The minimum absolute atomic E-state index is 0.182. The molecule has 1 aromatic carbocycles. The molecular formula is C21H33N3O3. The lowest BCUT2D eigenvalue weighted by Crippen LogP contribution is -2.60. The first kappa shape index (κ1) is 19.0. The van der Waals surface area contributed by atoms with Crippen molar-refractivity contribution in [1.82, 2.24) is 9.80 Å². The number of rotatable bonds is 4. The van der Waals surface area contributed by atoms with E-state index in [1.807, 2.05) is 12.1 Å². The van der Waals surface area contributed by atoms with Gasteiger partial charge in [-0.3, -0.25) is 9.80 Å². The van der Waals surface area contributed by atoms with Gasteiger partial charge < -0.3 is 19.8 Å². The standard InChI is InChI=1S/C21H33N3O3/c1-16-12-23-14-19(25)11-18(23)13-24(16)15-21(26)7-9-22(10-8-21)17-3-5-20(27-2)6-4-17/h3-6,16,18-19,25-26H,7-15H2,1-2H3/t16-,18?,19+/m0/s1. The Morgan fingerprint density at radius 2 is 1.81 bits per heavy atom. The molecule has 3 aliphatic heterocycles. The van der Waals surface area contributed by atoms with Crippen LogP contribution in [0.4, 0.5) is 5.69 Å². The fourth-order valence-corrected chi connectivity index (χ4v) is 5.01. The van der Waals surface area contributed by atoms with Gasteiger partial charge in [-0.1, -0.05) is 0 Å². The maximum Gasteiger partial charge on any atom is 0.119 e. The summed E-state index contributed by atoms with van der Waals surface area (Å²) >= 11 is 0. The van der Waals surface area contributed by atoms with E-state index in [0.29, 0.717) is 12.1 Å². The molecule has 0 bridgehead atoms. The highest BCUT2D eigenvalue weighted by molar-refractivity contribution is 5.49. The van der Waals surface area contributed by atoms with Crippen LogP contribution < -0.4 is 9.64 Å². The summed E-state index contributed by atoms with van der Waals surface area (Å²) in [5.41, 5.74) is 0.580. The molecule has 0 radical (unpaired) electrons. The van der Waals surface area contributed by atoms with Crippen molar-refractivity contribution < 1.29 is 14.9 Å². The summed E-state index contributed by atoms with van der Waals surface area (Å²) in [6.07, 6.45) is 2.27. The van der Waals surface area contributed by atoms with E-state index in [9.17, 15) is 10.2 Å². The average molecular weight is 376 g/mol. The number of β-amino-alcohol motifs (C(OH)–C–C–N with tert-alkyl or cyclic N) is 1. The largest absolute Gasteiger partial charge is 0.497 e. The zero-order valence-corrected chi connectivity index (χ0v) is 16.5. The van der Waals surface area contributed by atoms with E-state index >= 15 is 0 Å². The molecule has 3 atom stereocenters. The molecule has 6 nitrogen and oxygen atoms in total. The van der Waals surface area contributed by atoms with Gasteiger partial charge in [0.15, 0.2) is 0 Å². The number of benzene rings is 1. The third-order valence-corrected chi connectivity index (χ3v) is 6.70. The average Bonchev–Trinajstić information content (AvgIpc) is 3.01. The fraction of sp³-hybridized carbons (Fsp3) is 0.714. The zero-order chi connectivity index (χ0) is 19.0. The molecule has 3 aliphatic rings. The van der Waals surface area contributed by atoms with Crippen molar-refractivity contribution in [3.05, 3.63) is 24.3 Å². The van der Waals surface area contributed by atoms with E-state index in [4.69, 9.17) is 4.74 Å². The lowest BCUT2D eigenvalue weighted by atomic mass is 9.89. The number of fused-ring (bicyclic) bond motifs is 1. The van der Waals surface area contributed by atoms with Crippen LogP contribution in [-0.2, 0) is 0 Å². The molecular weight excluding hydrogens is 342 g/mol. The fourth-order valence-electron chi connectivity index (χ4n) is 5.01. The van der Waals surface area contributed by atoms with Gasteiger partial charge >= 0.3 is 0 Å². The predicted octanol–water partition coefficient (Wildman–Crippen LogP) is 1.17. The minimum Gasteiger partial charge on any atom is -0.497 e. The highest BCUT2D eigenvalue weighted by atomic mass is 16.5. The van der Waals surface area contributed by atoms with Crippen molar-refractivity contribution in [2.45, 2.75) is 50.0 Å². The van der Waals surface area contributed by atoms with Crippen LogP contribution in [0.2, 0.25) is 0 Å². The molecule has 0 aromatic heterocycles. The van der Waals surface area contributed by atoms with E-state index in [1.54, 1.807) is 7.11 Å². The molecule has 27 heavy (non-hydrogen) atoms. The third-order valence-electron chi connectivity index (χ3n) is 6.70. The lowest BCUT2D eigenvalue weighted by molar-refractivity contribution is -0.0472. The Hall–Kier alpha value is -1.34. The smallest absolute Gasteiger partial charge is 0.119 e. The van der Waals surface area contributed by atoms with Crippen LogP contribution in [0.5, 0.6) is 5.75 Å². The quantitative estimate of drug-likeness (QED) is 0.824. The number of hydrogen-bond donors (Lipinski definition) is 2. The van der Waals surface area contributed by atoms with Gasteiger partial charge in [-0.2, -0.15) is 0 Å². The van der Waals surface area contributed by atoms with Crippen LogP contribution in [0, 0.1) is 0 Å². The highest BCUT2D eigenvalue weighted by Crippen LogP contribution is 2.31. The van der Waals surface area contributed by atoms with Gasteiger partial charge in [-0.15, -0.1) is 0 Å². The SMILES string of the molecule is COc1ccc(N2CCC(O)(CN3CC4C[C@@H](O)CN4C[C@@H]3C)CC2)cc1. The van der Waals surface area contributed by atoms with Crippen LogP contribution in [0.3, 0.4) is 0 Å². The Bertz CT molecular complexity index is 630. The second-order valence-corrected chi connectivity index (χ2v) is 8.69. The van der Waals surface area contributed by atoms with Crippen molar-refractivity contribution in [3.63, 3.8) is 0 Å². The predicted molar refractivity (Wildman–Crippen MR) is 106 cm³/mol. The molecule has 1 aromatic rings. The number of hydrogen-bond acceptors (Lipinski definition) is 6. The van der Waals surface area contributed by atoms with Gasteiger partial charge in [0.1, 0.15) is 5.75 Å². The minimum atomic E-state index is -0.614. The Morgan fingerprint density at radius 1 is 1.11 bits per heavy atom. The summed E-state index contributed by atoms with van der Waals surface area (Å²) in [5, 5.41) is 21.2. The number of methoxy groups -OCH3 is 1. The lowest BCUT2D eigenvalue weighted by Gasteiger charge is -2.47. The van der Waals surface area contributed by atoms with Crippen molar-refractivity contribution in [2.75, 3.05) is 51.3 Å². The summed E-state index contributed by atoms with van der Waals surface area (Å²) in [7, 11) is 1.68. The first-order valence-corrected chi connectivity index (χ1v) is 10.2. The molecule has 0 aliphatic carbocycles. The van der Waals surface area contributed by atoms with E-state index < -0.39 is 5.60 Å². The van der Waals surface area contributed by atoms with E-state index in [2.05, 4.69) is 33.8 Å². The van der Waals surface area contributed by atoms with Crippen molar-refractivity contribution >= 4 is 5.69 Å².